The molecule has 0 saturated heterocycles. The number of ether oxygens (including phenoxy) is 1. The molecule has 0 aliphatic heterocycles. The molecule has 0 atom stereocenters. The summed E-state index contributed by atoms with van der Waals surface area (Å²) < 4.78 is 5.81. The van der Waals surface area contributed by atoms with Crippen molar-refractivity contribution in [1.82, 2.24) is 10.2 Å². The minimum atomic E-state index is -0.0880. The number of hydrogen-bond acceptors (Lipinski definition) is 3. The average molecular weight is 420 g/mol. The molecule has 0 aliphatic carbocycles. The van der Waals surface area contributed by atoms with Crippen LogP contribution >= 0.6 is 24.0 Å². The van der Waals surface area contributed by atoms with Crippen LogP contribution in [0.1, 0.15) is 26.3 Å². The molecule has 6 heteroatoms. The molecular formula is C16H29IN4O. The second kappa shape index (κ2) is 9.89. The van der Waals surface area contributed by atoms with Crippen LogP contribution < -0.4 is 15.8 Å². The summed E-state index contributed by atoms with van der Waals surface area (Å²) in [7, 11) is 4.05. The maximum Gasteiger partial charge on any atom is 0.189 e. The van der Waals surface area contributed by atoms with E-state index in [0.29, 0.717) is 19.1 Å². The van der Waals surface area contributed by atoms with Crippen LogP contribution in [0.3, 0.4) is 0 Å². The Morgan fingerprint density at radius 3 is 2.50 bits per heavy atom. The molecule has 0 saturated carbocycles. The quantitative estimate of drug-likeness (QED) is 0.422. The van der Waals surface area contributed by atoms with Gasteiger partial charge in [0.15, 0.2) is 5.96 Å². The van der Waals surface area contributed by atoms with E-state index in [1.807, 2.05) is 59.1 Å². The van der Waals surface area contributed by atoms with Crippen LogP contribution in [0.25, 0.3) is 0 Å². The van der Waals surface area contributed by atoms with E-state index in [1.165, 1.54) is 0 Å². The van der Waals surface area contributed by atoms with Gasteiger partial charge >= 0.3 is 0 Å². The zero-order valence-electron chi connectivity index (χ0n) is 14.2. The fourth-order valence-electron chi connectivity index (χ4n) is 1.71. The Bertz CT molecular complexity index is 469. The van der Waals surface area contributed by atoms with Gasteiger partial charge in [0.2, 0.25) is 0 Å². The molecule has 1 aromatic rings. The molecule has 0 amide bonds. The Morgan fingerprint density at radius 1 is 1.27 bits per heavy atom. The number of halogens is 1. The van der Waals surface area contributed by atoms with Crippen molar-refractivity contribution in [1.29, 1.82) is 0 Å². The number of nitrogens with two attached hydrogens (primary N) is 1. The van der Waals surface area contributed by atoms with Crippen molar-refractivity contribution in [2.75, 3.05) is 27.2 Å². The van der Waals surface area contributed by atoms with E-state index in [0.717, 1.165) is 17.9 Å². The fourth-order valence-corrected chi connectivity index (χ4v) is 1.71. The zero-order valence-corrected chi connectivity index (χ0v) is 16.5. The SMILES string of the molecule is CN(C)CCOc1ccccc1CN=C(N)NC(C)(C)C.I. The van der Waals surface area contributed by atoms with Crippen molar-refractivity contribution < 1.29 is 4.74 Å². The number of nitrogens with zero attached hydrogens (tertiary/aromatic N) is 2. The molecular weight excluding hydrogens is 391 g/mol. The van der Waals surface area contributed by atoms with Crippen LogP contribution in [0, 0.1) is 0 Å². The van der Waals surface area contributed by atoms with Crippen LogP contribution in [-0.2, 0) is 6.54 Å². The minimum absolute atomic E-state index is 0. The lowest BCUT2D eigenvalue weighted by molar-refractivity contribution is 0.259. The van der Waals surface area contributed by atoms with Crippen molar-refractivity contribution in [3.05, 3.63) is 29.8 Å². The number of guanidine groups is 1. The topological polar surface area (TPSA) is 62.9 Å². The lowest BCUT2D eigenvalue weighted by Gasteiger charge is -2.21. The maximum atomic E-state index is 5.89. The second-order valence-electron chi connectivity index (χ2n) is 6.34. The average Bonchev–Trinajstić information content (AvgIpc) is 2.35. The van der Waals surface area contributed by atoms with E-state index in [4.69, 9.17) is 10.5 Å². The third-order valence-electron chi connectivity index (χ3n) is 2.69. The van der Waals surface area contributed by atoms with Gasteiger partial charge < -0.3 is 20.7 Å². The number of para-hydroxylation sites is 1. The molecule has 0 aromatic heterocycles. The lowest BCUT2D eigenvalue weighted by Crippen LogP contribution is -2.44. The first-order chi connectivity index (χ1) is 9.78. The predicted octanol–water partition coefficient (Wildman–Crippen LogP) is 2.45. The Hall–Kier alpha value is -1.02. The van der Waals surface area contributed by atoms with Crippen LogP contribution in [-0.4, -0.2) is 43.6 Å². The van der Waals surface area contributed by atoms with Crippen LogP contribution in [0.4, 0.5) is 0 Å². The predicted molar refractivity (Wildman–Crippen MR) is 104 cm³/mol. The highest BCUT2D eigenvalue weighted by molar-refractivity contribution is 14.0. The first-order valence-electron chi connectivity index (χ1n) is 7.21. The molecule has 0 unspecified atom stereocenters. The molecule has 1 rings (SSSR count). The van der Waals surface area contributed by atoms with E-state index in [1.54, 1.807) is 0 Å². The van der Waals surface area contributed by atoms with E-state index in [9.17, 15) is 0 Å². The molecule has 5 nitrogen and oxygen atoms in total. The summed E-state index contributed by atoms with van der Waals surface area (Å²) in [6.45, 7) is 8.19. The molecule has 0 radical (unpaired) electrons. The molecule has 0 fully saturated rings. The Kier molecular flexibility index (Phi) is 9.43. The maximum absolute atomic E-state index is 5.89. The number of aliphatic imine (C=N–C) groups is 1. The zero-order chi connectivity index (χ0) is 15.9. The molecule has 0 aliphatic rings. The largest absolute Gasteiger partial charge is 0.492 e. The van der Waals surface area contributed by atoms with Crippen LogP contribution in [0.5, 0.6) is 5.75 Å². The third kappa shape index (κ3) is 9.09. The van der Waals surface area contributed by atoms with Gasteiger partial charge in [-0.3, -0.25) is 0 Å². The van der Waals surface area contributed by atoms with Gasteiger partial charge in [-0.1, -0.05) is 18.2 Å². The smallest absolute Gasteiger partial charge is 0.189 e. The van der Waals surface area contributed by atoms with Crippen LogP contribution in [0.15, 0.2) is 29.3 Å². The highest BCUT2D eigenvalue weighted by Crippen LogP contribution is 2.18. The Labute approximate surface area is 151 Å². The number of hydrogen-bond donors (Lipinski definition) is 2. The molecule has 1 aromatic carbocycles. The van der Waals surface area contributed by atoms with Gasteiger partial charge in [-0.2, -0.15) is 0 Å². The first-order valence-corrected chi connectivity index (χ1v) is 7.21. The van der Waals surface area contributed by atoms with Crippen molar-refractivity contribution in [3.8, 4) is 5.75 Å². The molecule has 0 spiro atoms. The molecule has 22 heavy (non-hydrogen) atoms. The highest BCUT2D eigenvalue weighted by atomic mass is 127. The highest BCUT2D eigenvalue weighted by Gasteiger charge is 2.10. The standard InChI is InChI=1S/C16H28N4O.HI/c1-16(2,3)19-15(17)18-12-13-8-6-7-9-14(13)21-11-10-20(4)5;/h6-9H,10-12H2,1-5H3,(H3,17,18,19);1H. The van der Waals surface area contributed by atoms with Gasteiger partial charge in [0.25, 0.3) is 0 Å². The summed E-state index contributed by atoms with van der Waals surface area (Å²) in [5, 5.41) is 3.15. The van der Waals surface area contributed by atoms with E-state index >= 15 is 0 Å². The van der Waals surface area contributed by atoms with Gasteiger partial charge in [0.1, 0.15) is 12.4 Å². The van der Waals surface area contributed by atoms with Gasteiger partial charge in [-0.25, -0.2) is 4.99 Å². The number of nitrogens with one attached hydrogen (secondary N) is 1. The summed E-state index contributed by atoms with van der Waals surface area (Å²) in [5.74, 6) is 1.32. The van der Waals surface area contributed by atoms with Crippen molar-refractivity contribution in [3.63, 3.8) is 0 Å². The van der Waals surface area contributed by atoms with Gasteiger partial charge in [-0.15, -0.1) is 24.0 Å². The summed E-state index contributed by atoms with van der Waals surface area (Å²) in [6.07, 6.45) is 0. The van der Waals surface area contributed by atoms with E-state index in [2.05, 4.69) is 15.2 Å². The number of rotatable bonds is 6. The number of likely N-dealkylation sites (N-methyl/N-ethyl adjacent to an activating group) is 1. The molecule has 0 heterocycles. The summed E-state index contributed by atoms with van der Waals surface area (Å²) >= 11 is 0. The summed E-state index contributed by atoms with van der Waals surface area (Å²) in [5.41, 5.74) is 6.84. The van der Waals surface area contributed by atoms with Gasteiger partial charge in [-0.05, 0) is 40.9 Å². The Morgan fingerprint density at radius 2 is 1.91 bits per heavy atom. The second-order valence-corrected chi connectivity index (χ2v) is 6.34. The Balaban J connectivity index is 0.00000441. The van der Waals surface area contributed by atoms with Gasteiger partial charge in [0, 0.05) is 17.6 Å². The normalized spacial score (nSPS) is 12.0. The van der Waals surface area contributed by atoms with Crippen molar-refractivity contribution in [2.45, 2.75) is 32.9 Å². The van der Waals surface area contributed by atoms with E-state index in [-0.39, 0.29) is 29.5 Å². The fraction of sp³-hybridized carbons (Fsp3) is 0.562. The first kappa shape index (κ1) is 21.0. The molecule has 3 N–H and O–H groups in total. The third-order valence-corrected chi connectivity index (χ3v) is 2.69. The molecule has 0 bridgehead atoms. The van der Waals surface area contributed by atoms with Crippen molar-refractivity contribution >= 4 is 29.9 Å². The van der Waals surface area contributed by atoms with Crippen LogP contribution in [0.2, 0.25) is 0 Å². The van der Waals surface area contributed by atoms with Crippen molar-refractivity contribution in [2.24, 2.45) is 10.7 Å². The lowest BCUT2D eigenvalue weighted by atomic mass is 10.1. The summed E-state index contributed by atoms with van der Waals surface area (Å²) in [6, 6.07) is 7.93. The van der Waals surface area contributed by atoms with Gasteiger partial charge in [0.05, 0.1) is 6.54 Å². The van der Waals surface area contributed by atoms with E-state index < -0.39 is 0 Å². The molecule has 126 valence electrons. The monoisotopic (exact) mass is 420 g/mol. The minimum Gasteiger partial charge on any atom is -0.492 e. The summed E-state index contributed by atoms with van der Waals surface area (Å²) in [4.78, 5) is 6.47. The number of benzene rings is 1.